The van der Waals surface area contributed by atoms with Crippen molar-refractivity contribution in [1.82, 2.24) is 14.7 Å². The highest BCUT2D eigenvalue weighted by Gasteiger charge is 2.32. The highest BCUT2D eigenvalue weighted by atomic mass is 16.5. The summed E-state index contributed by atoms with van der Waals surface area (Å²) in [6.45, 7) is 2.66. The lowest BCUT2D eigenvalue weighted by Crippen LogP contribution is -2.50. The molecule has 0 aliphatic carbocycles. The Kier molecular flexibility index (Phi) is 5.18. The molecule has 2 heterocycles. The van der Waals surface area contributed by atoms with Crippen LogP contribution in [0.1, 0.15) is 24.0 Å². The average Bonchev–Trinajstić information content (AvgIpc) is 3.08. The third-order valence-electron chi connectivity index (χ3n) is 4.57. The Morgan fingerprint density at radius 2 is 2.21 bits per heavy atom. The fourth-order valence-electron chi connectivity index (χ4n) is 3.35. The highest BCUT2D eigenvalue weighted by Crippen LogP contribution is 2.25. The van der Waals surface area contributed by atoms with E-state index in [1.165, 1.54) is 5.56 Å². The van der Waals surface area contributed by atoms with Gasteiger partial charge in [0.25, 0.3) is 0 Å². The van der Waals surface area contributed by atoms with Crippen molar-refractivity contribution in [3.05, 3.63) is 47.8 Å². The maximum absolute atomic E-state index is 10.3. The Balaban J connectivity index is 1.74. The number of hydrogen-bond donors (Lipinski definition) is 2. The van der Waals surface area contributed by atoms with E-state index in [0.29, 0.717) is 19.5 Å². The van der Waals surface area contributed by atoms with E-state index < -0.39 is 5.60 Å². The predicted molar refractivity (Wildman–Crippen MR) is 90.9 cm³/mol. The van der Waals surface area contributed by atoms with Crippen LogP contribution in [0.15, 0.2) is 36.7 Å². The molecule has 0 radical (unpaired) electrons. The first-order chi connectivity index (χ1) is 11.6. The van der Waals surface area contributed by atoms with E-state index in [1.807, 2.05) is 23.0 Å². The van der Waals surface area contributed by atoms with Gasteiger partial charge in [0.15, 0.2) is 0 Å². The van der Waals surface area contributed by atoms with Crippen molar-refractivity contribution in [2.75, 3.05) is 26.8 Å². The van der Waals surface area contributed by atoms with E-state index >= 15 is 0 Å². The summed E-state index contributed by atoms with van der Waals surface area (Å²) in [6, 6.07) is 8.07. The number of aliphatic hydroxyl groups excluding tert-OH is 1. The minimum Gasteiger partial charge on any atom is -0.496 e. The smallest absolute Gasteiger partial charge is 0.123 e. The summed E-state index contributed by atoms with van der Waals surface area (Å²) in [6.07, 6.45) is 5.25. The van der Waals surface area contributed by atoms with Crippen LogP contribution < -0.4 is 4.74 Å². The number of likely N-dealkylation sites (tertiary alicyclic amines) is 1. The number of nitrogens with zero attached hydrogens (tertiary/aromatic N) is 3. The Morgan fingerprint density at radius 1 is 1.33 bits per heavy atom. The van der Waals surface area contributed by atoms with Crippen molar-refractivity contribution >= 4 is 0 Å². The summed E-state index contributed by atoms with van der Waals surface area (Å²) in [4.78, 5) is 2.19. The summed E-state index contributed by atoms with van der Waals surface area (Å²) in [5, 5.41) is 24.0. The second-order valence-electron chi connectivity index (χ2n) is 6.55. The monoisotopic (exact) mass is 331 g/mol. The summed E-state index contributed by atoms with van der Waals surface area (Å²) >= 11 is 0. The van der Waals surface area contributed by atoms with Gasteiger partial charge in [-0.05, 0) is 43.1 Å². The van der Waals surface area contributed by atoms with Gasteiger partial charge in [-0.1, -0.05) is 6.07 Å². The van der Waals surface area contributed by atoms with E-state index in [1.54, 1.807) is 13.3 Å². The number of aromatic nitrogens is 2. The van der Waals surface area contributed by atoms with Crippen LogP contribution >= 0.6 is 0 Å². The molecule has 1 saturated heterocycles. The minimum atomic E-state index is -0.970. The maximum Gasteiger partial charge on any atom is 0.123 e. The number of benzene rings is 1. The molecule has 6 nitrogen and oxygen atoms in total. The van der Waals surface area contributed by atoms with E-state index in [-0.39, 0.29) is 6.61 Å². The van der Waals surface area contributed by atoms with Crippen LogP contribution in [-0.4, -0.2) is 57.3 Å². The van der Waals surface area contributed by atoms with Gasteiger partial charge in [0.2, 0.25) is 0 Å². The fourth-order valence-corrected chi connectivity index (χ4v) is 3.35. The normalized spacial score (nSPS) is 21.8. The van der Waals surface area contributed by atoms with E-state index in [0.717, 1.165) is 30.8 Å². The first-order valence-corrected chi connectivity index (χ1v) is 8.31. The first-order valence-electron chi connectivity index (χ1n) is 8.31. The topological polar surface area (TPSA) is 70.8 Å². The van der Waals surface area contributed by atoms with Gasteiger partial charge in [-0.25, -0.2) is 0 Å². The molecule has 0 unspecified atom stereocenters. The molecule has 24 heavy (non-hydrogen) atoms. The van der Waals surface area contributed by atoms with Crippen LogP contribution in [0.2, 0.25) is 0 Å². The average molecular weight is 331 g/mol. The molecule has 1 atom stereocenters. The molecule has 1 aliphatic rings. The van der Waals surface area contributed by atoms with Crippen molar-refractivity contribution in [3.63, 3.8) is 0 Å². The van der Waals surface area contributed by atoms with Crippen molar-refractivity contribution in [1.29, 1.82) is 0 Å². The van der Waals surface area contributed by atoms with Crippen molar-refractivity contribution in [2.45, 2.75) is 31.5 Å². The molecule has 1 aromatic heterocycles. The third kappa shape index (κ3) is 3.95. The molecule has 2 aromatic rings. The largest absolute Gasteiger partial charge is 0.496 e. The number of aliphatic hydroxyl groups is 2. The SMILES string of the molecule is COc1ccc(CN2CCC[C@](O)(CO)C2)cc1Cn1cccn1. The quantitative estimate of drug-likeness (QED) is 0.834. The Bertz CT molecular complexity index is 660. The zero-order valence-electron chi connectivity index (χ0n) is 14.1. The van der Waals surface area contributed by atoms with Crippen LogP contribution in [0.3, 0.4) is 0 Å². The summed E-state index contributed by atoms with van der Waals surface area (Å²) in [5.41, 5.74) is 1.27. The van der Waals surface area contributed by atoms with Crippen molar-refractivity contribution in [2.24, 2.45) is 0 Å². The van der Waals surface area contributed by atoms with Gasteiger partial charge in [-0.15, -0.1) is 0 Å². The van der Waals surface area contributed by atoms with E-state index in [4.69, 9.17) is 4.74 Å². The molecule has 0 amide bonds. The molecule has 6 heteroatoms. The van der Waals surface area contributed by atoms with E-state index in [2.05, 4.69) is 22.1 Å². The van der Waals surface area contributed by atoms with Gasteiger partial charge in [0, 0.05) is 31.0 Å². The lowest BCUT2D eigenvalue weighted by atomic mass is 9.93. The van der Waals surface area contributed by atoms with Gasteiger partial charge in [0.1, 0.15) is 11.4 Å². The lowest BCUT2D eigenvalue weighted by Gasteiger charge is -2.38. The second kappa shape index (κ2) is 7.34. The Hall–Kier alpha value is -1.89. The van der Waals surface area contributed by atoms with Gasteiger partial charge < -0.3 is 14.9 Å². The molecule has 130 valence electrons. The summed E-state index contributed by atoms with van der Waals surface area (Å²) in [7, 11) is 1.67. The van der Waals surface area contributed by atoms with Crippen LogP contribution in [-0.2, 0) is 13.1 Å². The molecule has 1 fully saturated rings. The highest BCUT2D eigenvalue weighted by molar-refractivity contribution is 5.37. The molecule has 0 saturated carbocycles. The fraction of sp³-hybridized carbons (Fsp3) is 0.500. The van der Waals surface area contributed by atoms with Gasteiger partial charge >= 0.3 is 0 Å². The van der Waals surface area contributed by atoms with Crippen molar-refractivity contribution in [3.8, 4) is 5.75 Å². The summed E-state index contributed by atoms with van der Waals surface area (Å²) in [5.74, 6) is 0.847. The Labute approximate surface area is 142 Å². The van der Waals surface area contributed by atoms with E-state index in [9.17, 15) is 10.2 Å². The molecule has 1 aromatic carbocycles. The number of hydrogen-bond acceptors (Lipinski definition) is 5. The predicted octanol–water partition coefficient (Wildman–Crippen LogP) is 1.26. The number of rotatable bonds is 6. The molecule has 3 rings (SSSR count). The van der Waals surface area contributed by atoms with Gasteiger partial charge in [-0.3, -0.25) is 9.58 Å². The lowest BCUT2D eigenvalue weighted by molar-refractivity contribution is -0.0687. The number of methoxy groups -OCH3 is 1. The van der Waals surface area contributed by atoms with Gasteiger partial charge in [0.05, 0.1) is 20.3 Å². The Morgan fingerprint density at radius 3 is 2.92 bits per heavy atom. The molecule has 0 bridgehead atoms. The zero-order valence-corrected chi connectivity index (χ0v) is 14.1. The van der Waals surface area contributed by atoms with Gasteiger partial charge in [-0.2, -0.15) is 5.10 Å². The maximum atomic E-state index is 10.3. The second-order valence-corrected chi connectivity index (χ2v) is 6.55. The number of β-amino-alcohol motifs (C(OH)–C–C–N with tert-alkyl or cyclic N) is 1. The number of piperidine rings is 1. The van der Waals surface area contributed by atoms with Crippen LogP contribution in [0.5, 0.6) is 5.75 Å². The standard InChI is InChI=1S/C18H25N3O3/c1-24-17-5-4-15(10-16(17)12-21-9-3-7-19-21)11-20-8-2-6-18(23,13-20)14-22/h3-5,7,9-10,22-23H,2,6,8,11-14H2,1H3/t18-/m1/s1. The first kappa shape index (κ1) is 17.0. The molecule has 0 spiro atoms. The molecule has 1 aliphatic heterocycles. The number of ether oxygens (including phenoxy) is 1. The van der Waals surface area contributed by atoms with Crippen LogP contribution in [0, 0.1) is 0 Å². The van der Waals surface area contributed by atoms with Crippen LogP contribution in [0.25, 0.3) is 0 Å². The molecular formula is C18H25N3O3. The molecular weight excluding hydrogens is 306 g/mol. The van der Waals surface area contributed by atoms with Crippen molar-refractivity contribution < 1.29 is 14.9 Å². The van der Waals surface area contributed by atoms with Crippen LogP contribution in [0.4, 0.5) is 0 Å². The zero-order chi connectivity index (χ0) is 17.0. The minimum absolute atomic E-state index is 0.184. The summed E-state index contributed by atoms with van der Waals surface area (Å²) < 4.78 is 7.33. The third-order valence-corrected chi connectivity index (χ3v) is 4.57. The molecule has 2 N–H and O–H groups in total.